The maximum atomic E-state index is 6.36. The summed E-state index contributed by atoms with van der Waals surface area (Å²) in [6.07, 6.45) is 4.43. The van der Waals surface area contributed by atoms with Crippen LogP contribution in [0.4, 0.5) is 0 Å². The predicted octanol–water partition coefficient (Wildman–Crippen LogP) is 1.89. The van der Waals surface area contributed by atoms with E-state index in [1.54, 1.807) is 0 Å². The van der Waals surface area contributed by atoms with Gasteiger partial charge in [-0.3, -0.25) is 0 Å². The summed E-state index contributed by atoms with van der Waals surface area (Å²) >= 11 is 0. The van der Waals surface area contributed by atoms with E-state index in [9.17, 15) is 0 Å². The molecule has 0 aromatic rings. The number of hydrogen-bond donors (Lipinski definition) is 1. The topological polar surface area (TPSA) is 44.5 Å². The summed E-state index contributed by atoms with van der Waals surface area (Å²) in [6, 6.07) is 0. The van der Waals surface area contributed by atoms with Crippen LogP contribution in [-0.2, 0) is 9.31 Å². The summed E-state index contributed by atoms with van der Waals surface area (Å²) in [4.78, 5) is 0. The van der Waals surface area contributed by atoms with Crippen LogP contribution < -0.4 is 5.73 Å². The van der Waals surface area contributed by atoms with Crippen molar-refractivity contribution in [2.24, 2.45) is 5.73 Å². The summed E-state index contributed by atoms with van der Waals surface area (Å²) in [5, 5.41) is 0. The molecule has 0 unspecified atom stereocenters. The maximum absolute atomic E-state index is 6.36. The maximum Gasteiger partial charge on any atom is 0.479 e. The highest BCUT2D eigenvalue weighted by Gasteiger charge is 2.58. The fourth-order valence-corrected chi connectivity index (χ4v) is 2.35. The average molecular weight is 211 g/mol. The Kier molecular flexibility index (Phi) is 2.45. The second kappa shape index (κ2) is 3.22. The molecule has 4 heteroatoms. The second-order valence-electron chi connectivity index (χ2n) is 6.03. The van der Waals surface area contributed by atoms with E-state index in [4.69, 9.17) is 15.0 Å². The molecule has 2 fully saturated rings. The third-order valence-electron chi connectivity index (χ3n) is 4.26. The Balaban J connectivity index is 2.15. The van der Waals surface area contributed by atoms with Crippen LogP contribution in [0.15, 0.2) is 0 Å². The zero-order chi connectivity index (χ0) is 11.3. The third kappa shape index (κ3) is 1.73. The molecule has 1 saturated heterocycles. The lowest BCUT2D eigenvalue weighted by Crippen LogP contribution is -2.53. The quantitative estimate of drug-likeness (QED) is 0.673. The Morgan fingerprint density at radius 3 is 1.73 bits per heavy atom. The Bertz CT molecular complexity index is 243. The van der Waals surface area contributed by atoms with E-state index >= 15 is 0 Å². The van der Waals surface area contributed by atoms with Gasteiger partial charge in [0, 0.05) is 0 Å². The van der Waals surface area contributed by atoms with Crippen molar-refractivity contribution < 1.29 is 9.31 Å². The molecule has 1 aliphatic heterocycles. The fraction of sp³-hybridized carbons (Fsp3) is 1.00. The van der Waals surface area contributed by atoms with Crippen molar-refractivity contribution >= 4 is 7.12 Å². The molecular weight excluding hydrogens is 189 g/mol. The summed E-state index contributed by atoms with van der Waals surface area (Å²) in [5.74, 6) is 0. The first-order valence-electron chi connectivity index (χ1n) is 5.91. The lowest BCUT2D eigenvalue weighted by molar-refractivity contribution is 0.00578. The minimum absolute atomic E-state index is 0.231. The van der Waals surface area contributed by atoms with Crippen LogP contribution in [0.1, 0.15) is 53.4 Å². The largest absolute Gasteiger partial charge is 0.479 e. The molecule has 15 heavy (non-hydrogen) atoms. The molecule has 2 N–H and O–H groups in total. The van der Waals surface area contributed by atoms with Crippen LogP contribution in [0.3, 0.4) is 0 Å². The van der Waals surface area contributed by atoms with Gasteiger partial charge >= 0.3 is 7.12 Å². The van der Waals surface area contributed by atoms with E-state index < -0.39 is 0 Å². The van der Waals surface area contributed by atoms with Gasteiger partial charge in [-0.15, -0.1) is 0 Å². The molecule has 2 aliphatic rings. The van der Waals surface area contributed by atoms with E-state index in [2.05, 4.69) is 27.7 Å². The molecule has 0 radical (unpaired) electrons. The van der Waals surface area contributed by atoms with E-state index in [0.717, 1.165) is 12.8 Å². The first-order valence-corrected chi connectivity index (χ1v) is 5.91. The molecule has 1 heterocycles. The molecule has 3 nitrogen and oxygen atoms in total. The smallest absolute Gasteiger partial charge is 0.402 e. The van der Waals surface area contributed by atoms with Crippen LogP contribution in [-0.4, -0.2) is 23.8 Å². The molecule has 0 aromatic carbocycles. The summed E-state index contributed by atoms with van der Waals surface area (Å²) in [5.41, 5.74) is 5.58. The van der Waals surface area contributed by atoms with Crippen LogP contribution in [0.2, 0.25) is 0 Å². The van der Waals surface area contributed by atoms with Crippen molar-refractivity contribution in [3.05, 3.63) is 0 Å². The Labute approximate surface area is 92.8 Å². The monoisotopic (exact) mass is 211 g/mol. The summed E-state index contributed by atoms with van der Waals surface area (Å²) < 4.78 is 12.0. The summed E-state index contributed by atoms with van der Waals surface area (Å²) in [7, 11) is -0.231. The predicted molar refractivity (Wildman–Crippen MR) is 61.5 cm³/mol. The lowest BCUT2D eigenvalue weighted by Gasteiger charge is -2.32. The zero-order valence-corrected chi connectivity index (χ0v) is 10.3. The van der Waals surface area contributed by atoms with Gasteiger partial charge in [0.05, 0.1) is 16.6 Å². The highest BCUT2D eigenvalue weighted by molar-refractivity contribution is 6.49. The fourth-order valence-electron chi connectivity index (χ4n) is 2.35. The molecule has 0 spiro atoms. The van der Waals surface area contributed by atoms with E-state index in [1.807, 2.05) is 0 Å². The highest BCUT2D eigenvalue weighted by atomic mass is 16.7. The first kappa shape index (κ1) is 11.4. The van der Waals surface area contributed by atoms with Gasteiger partial charge in [0.2, 0.25) is 0 Å². The molecule has 1 aliphatic carbocycles. The van der Waals surface area contributed by atoms with Crippen molar-refractivity contribution in [1.29, 1.82) is 0 Å². The van der Waals surface area contributed by atoms with Gasteiger partial charge in [-0.05, 0) is 40.5 Å². The van der Waals surface area contributed by atoms with Crippen LogP contribution in [0.5, 0.6) is 0 Å². The molecule has 2 rings (SSSR count). The standard InChI is InChI=1S/C11H22BNO2/c1-9(2)10(3,4)15-12(14-9)11(13)7-5-6-8-11/h5-8,13H2,1-4H3. The van der Waals surface area contributed by atoms with Crippen molar-refractivity contribution in [3.8, 4) is 0 Å². The van der Waals surface area contributed by atoms with Crippen LogP contribution in [0, 0.1) is 0 Å². The van der Waals surface area contributed by atoms with Gasteiger partial charge in [-0.2, -0.15) is 0 Å². The number of rotatable bonds is 1. The molecule has 0 amide bonds. The van der Waals surface area contributed by atoms with Crippen molar-refractivity contribution in [3.63, 3.8) is 0 Å². The average Bonchev–Trinajstić information content (AvgIpc) is 2.58. The van der Waals surface area contributed by atoms with Gasteiger partial charge in [0.1, 0.15) is 0 Å². The Morgan fingerprint density at radius 2 is 1.33 bits per heavy atom. The van der Waals surface area contributed by atoms with Crippen molar-refractivity contribution in [1.82, 2.24) is 0 Å². The van der Waals surface area contributed by atoms with Crippen LogP contribution >= 0.6 is 0 Å². The Hall–Kier alpha value is -0.0551. The summed E-state index contributed by atoms with van der Waals surface area (Å²) in [6.45, 7) is 8.30. The van der Waals surface area contributed by atoms with Crippen molar-refractivity contribution in [2.75, 3.05) is 0 Å². The van der Waals surface area contributed by atoms with Crippen LogP contribution in [0.25, 0.3) is 0 Å². The van der Waals surface area contributed by atoms with E-state index in [1.165, 1.54) is 12.8 Å². The second-order valence-corrected chi connectivity index (χ2v) is 6.03. The highest BCUT2D eigenvalue weighted by Crippen LogP contribution is 2.42. The number of hydrogen-bond acceptors (Lipinski definition) is 3. The molecule has 86 valence electrons. The van der Waals surface area contributed by atoms with Gasteiger partial charge in [-0.1, -0.05) is 12.8 Å². The minimum atomic E-state index is -0.259. The van der Waals surface area contributed by atoms with Gasteiger partial charge < -0.3 is 15.0 Å². The molecule has 0 aromatic heterocycles. The third-order valence-corrected chi connectivity index (χ3v) is 4.26. The molecular formula is C11H22BNO2. The van der Waals surface area contributed by atoms with Gasteiger partial charge in [-0.25, -0.2) is 0 Å². The zero-order valence-electron chi connectivity index (χ0n) is 10.3. The molecule has 0 atom stereocenters. The lowest BCUT2D eigenvalue weighted by atomic mass is 9.64. The normalized spacial score (nSPS) is 32.2. The molecule has 1 saturated carbocycles. The van der Waals surface area contributed by atoms with E-state index in [0.29, 0.717) is 0 Å². The SMILES string of the molecule is CC1(C)OB(C2(N)CCCC2)OC1(C)C. The number of nitrogens with two attached hydrogens (primary N) is 1. The molecule has 0 bridgehead atoms. The van der Waals surface area contributed by atoms with Gasteiger partial charge in [0.25, 0.3) is 0 Å². The minimum Gasteiger partial charge on any atom is -0.402 e. The first-order chi connectivity index (χ1) is 6.77. The van der Waals surface area contributed by atoms with Crippen molar-refractivity contribution in [2.45, 2.75) is 70.0 Å². The van der Waals surface area contributed by atoms with E-state index in [-0.39, 0.29) is 23.8 Å². The van der Waals surface area contributed by atoms with Gasteiger partial charge in [0.15, 0.2) is 0 Å². The Morgan fingerprint density at radius 1 is 0.933 bits per heavy atom.